The van der Waals surface area contributed by atoms with Crippen LogP contribution in [0.15, 0.2) is 17.5 Å². The summed E-state index contributed by atoms with van der Waals surface area (Å²) in [6, 6.07) is 3.80. The van der Waals surface area contributed by atoms with E-state index < -0.39 is 12.3 Å². The monoisotopic (exact) mass is 371 g/mol. The predicted octanol–water partition coefficient (Wildman–Crippen LogP) is 4.71. The topological polar surface area (TPSA) is 65.1 Å². The highest BCUT2D eigenvalue weighted by Crippen LogP contribution is 2.26. The molecule has 1 aromatic heterocycles. The number of nitrogens with zero attached hydrogens (tertiary/aromatic N) is 1. The van der Waals surface area contributed by atoms with Crippen LogP contribution in [0.3, 0.4) is 0 Å². The van der Waals surface area contributed by atoms with Crippen molar-refractivity contribution in [3.8, 4) is 0 Å². The standard InChI is InChI=1S/C18H29NO5S/c1-13(2)11-22-17(20)19(5)9-8-15(16-7-6-10-25-16)24-18(21)23-12-14(3)4/h6-7,10,13-15H,8-9,11-12H2,1-5H3. The average Bonchev–Trinajstić information content (AvgIpc) is 3.08. The van der Waals surface area contributed by atoms with Crippen molar-refractivity contribution < 1.29 is 23.8 Å². The van der Waals surface area contributed by atoms with Crippen LogP contribution < -0.4 is 0 Å². The molecule has 142 valence electrons. The molecular formula is C18H29NO5S. The van der Waals surface area contributed by atoms with Crippen LogP contribution in [-0.4, -0.2) is 44.0 Å². The van der Waals surface area contributed by atoms with Crippen molar-refractivity contribution in [2.24, 2.45) is 11.8 Å². The highest BCUT2D eigenvalue weighted by Gasteiger charge is 2.21. The summed E-state index contributed by atoms with van der Waals surface area (Å²) in [5.74, 6) is 0.532. The number of hydrogen-bond acceptors (Lipinski definition) is 6. The van der Waals surface area contributed by atoms with Gasteiger partial charge in [0.2, 0.25) is 0 Å². The van der Waals surface area contributed by atoms with Crippen molar-refractivity contribution >= 4 is 23.6 Å². The molecular weight excluding hydrogens is 342 g/mol. The lowest BCUT2D eigenvalue weighted by atomic mass is 10.2. The van der Waals surface area contributed by atoms with Gasteiger partial charge in [0.25, 0.3) is 0 Å². The van der Waals surface area contributed by atoms with Gasteiger partial charge in [0.05, 0.1) is 13.2 Å². The lowest BCUT2D eigenvalue weighted by Gasteiger charge is -2.21. The molecule has 0 bridgehead atoms. The third-order valence-electron chi connectivity index (χ3n) is 3.21. The second-order valence-electron chi connectivity index (χ2n) is 6.76. The number of amides is 1. The van der Waals surface area contributed by atoms with E-state index in [1.165, 1.54) is 16.2 Å². The molecule has 6 nitrogen and oxygen atoms in total. The Morgan fingerprint density at radius 2 is 1.76 bits per heavy atom. The Morgan fingerprint density at radius 3 is 2.32 bits per heavy atom. The van der Waals surface area contributed by atoms with Crippen LogP contribution in [0.25, 0.3) is 0 Å². The summed E-state index contributed by atoms with van der Waals surface area (Å²) in [6.45, 7) is 9.00. The van der Waals surface area contributed by atoms with Crippen LogP contribution in [0.2, 0.25) is 0 Å². The van der Waals surface area contributed by atoms with Crippen LogP contribution in [-0.2, 0) is 14.2 Å². The van der Waals surface area contributed by atoms with E-state index in [-0.39, 0.29) is 17.9 Å². The molecule has 0 spiro atoms. The smallest absolute Gasteiger partial charge is 0.449 e. The number of carbonyl (C=O) groups excluding carboxylic acids is 2. The third kappa shape index (κ3) is 8.77. The molecule has 7 heteroatoms. The Hall–Kier alpha value is -1.76. The van der Waals surface area contributed by atoms with Gasteiger partial charge in [0.1, 0.15) is 6.10 Å². The SMILES string of the molecule is CC(C)COC(=O)OC(CCN(C)C(=O)OCC(C)C)c1cccs1. The molecule has 0 N–H and O–H groups in total. The average molecular weight is 371 g/mol. The van der Waals surface area contributed by atoms with Crippen LogP contribution in [0.4, 0.5) is 9.59 Å². The van der Waals surface area contributed by atoms with Crippen molar-refractivity contribution in [2.75, 3.05) is 26.8 Å². The molecule has 0 radical (unpaired) electrons. The van der Waals surface area contributed by atoms with Gasteiger partial charge in [-0.05, 0) is 23.3 Å². The fourth-order valence-electron chi connectivity index (χ4n) is 1.87. The maximum atomic E-state index is 11.9. The second-order valence-corrected chi connectivity index (χ2v) is 7.74. The van der Waals surface area contributed by atoms with E-state index in [9.17, 15) is 9.59 Å². The number of ether oxygens (including phenoxy) is 3. The minimum Gasteiger partial charge on any atom is -0.449 e. The van der Waals surface area contributed by atoms with Crippen molar-refractivity contribution in [1.29, 1.82) is 0 Å². The van der Waals surface area contributed by atoms with E-state index in [0.29, 0.717) is 26.2 Å². The van der Waals surface area contributed by atoms with E-state index in [0.717, 1.165) is 4.88 Å². The highest BCUT2D eigenvalue weighted by molar-refractivity contribution is 7.10. The molecule has 0 saturated carbocycles. The summed E-state index contributed by atoms with van der Waals surface area (Å²) < 4.78 is 15.7. The van der Waals surface area contributed by atoms with Gasteiger partial charge >= 0.3 is 12.2 Å². The van der Waals surface area contributed by atoms with Gasteiger partial charge in [-0.15, -0.1) is 11.3 Å². The molecule has 0 saturated heterocycles. The van der Waals surface area contributed by atoms with E-state index in [1.54, 1.807) is 7.05 Å². The van der Waals surface area contributed by atoms with Crippen LogP contribution in [0, 0.1) is 11.8 Å². The predicted molar refractivity (Wildman–Crippen MR) is 97.8 cm³/mol. The first-order valence-corrected chi connectivity index (χ1v) is 9.42. The minimum absolute atomic E-state index is 0.245. The van der Waals surface area contributed by atoms with E-state index in [2.05, 4.69) is 0 Å². The Balaban J connectivity index is 2.54. The summed E-state index contributed by atoms with van der Waals surface area (Å²) in [7, 11) is 1.67. The third-order valence-corrected chi connectivity index (χ3v) is 4.18. The molecule has 0 aromatic carbocycles. The molecule has 0 aliphatic carbocycles. The molecule has 0 aliphatic heterocycles. The number of thiophene rings is 1. The summed E-state index contributed by atoms with van der Waals surface area (Å²) in [4.78, 5) is 26.2. The summed E-state index contributed by atoms with van der Waals surface area (Å²) in [6.07, 6.45) is -1.02. The zero-order chi connectivity index (χ0) is 18.8. The molecule has 1 atom stereocenters. The van der Waals surface area contributed by atoms with E-state index in [4.69, 9.17) is 14.2 Å². The van der Waals surface area contributed by atoms with E-state index in [1.807, 2.05) is 45.2 Å². The fraction of sp³-hybridized carbons (Fsp3) is 0.667. The van der Waals surface area contributed by atoms with Crippen LogP contribution in [0.1, 0.15) is 45.1 Å². The Kier molecular flexibility index (Phi) is 9.34. The number of rotatable bonds is 9. The Morgan fingerprint density at radius 1 is 1.12 bits per heavy atom. The van der Waals surface area contributed by atoms with Gasteiger partial charge in [0, 0.05) is 24.9 Å². The molecule has 0 aliphatic rings. The van der Waals surface area contributed by atoms with Crippen molar-refractivity contribution in [2.45, 2.75) is 40.2 Å². The van der Waals surface area contributed by atoms with E-state index >= 15 is 0 Å². The minimum atomic E-state index is -0.683. The first-order valence-electron chi connectivity index (χ1n) is 8.54. The maximum absolute atomic E-state index is 11.9. The van der Waals surface area contributed by atoms with Crippen LogP contribution in [0.5, 0.6) is 0 Å². The van der Waals surface area contributed by atoms with Crippen molar-refractivity contribution in [3.63, 3.8) is 0 Å². The van der Waals surface area contributed by atoms with Gasteiger partial charge in [-0.1, -0.05) is 33.8 Å². The molecule has 1 rings (SSSR count). The summed E-state index contributed by atoms with van der Waals surface area (Å²) >= 11 is 1.50. The normalized spacial score (nSPS) is 12.1. The summed E-state index contributed by atoms with van der Waals surface area (Å²) in [5.41, 5.74) is 0. The quantitative estimate of drug-likeness (QED) is 0.588. The molecule has 1 amide bonds. The van der Waals surface area contributed by atoms with Gasteiger partial charge in [-0.2, -0.15) is 0 Å². The van der Waals surface area contributed by atoms with Gasteiger partial charge < -0.3 is 19.1 Å². The molecule has 25 heavy (non-hydrogen) atoms. The lowest BCUT2D eigenvalue weighted by molar-refractivity contribution is 0.0127. The molecule has 1 heterocycles. The van der Waals surface area contributed by atoms with Crippen molar-refractivity contribution in [3.05, 3.63) is 22.4 Å². The summed E-state index contributed by atoms with van der Waals surface area (Å²) in [5, 5.41) is 1.92. The highest BCUT2D eigenvalue weighted by atomic mass is 32.1. The second kappa shape index (κ2) is 11.0. The zero-order valence-corrected chi connectivity index (χ0v) is 16.5. The first-order chi connectivity index (χ1) is 11.8. The first kappa shape index (κ1) is 21.3. The van der Waals surface area contributed by atoms with Crippen LogP contribution >= 0.6 is 11.3 Å². The Labute approximate surface area is 154 Å². The fourth-order valence-corrected chi connectivity index (χ4v) is 2.66. The van der Waals surface area contributed by atoms with Gasteiger partial charge in [-0.3, -0.25) is 0 Å². The molecule has 1 unspecified atom stereocenters. The molecule has 0 fully saturated rings. The van der Waals surface area contributed by atoms with Gasteiger partial charge in [-0.25, -0.2) is 9.59 Å². The van der Waals surface area contributed by atoms with Gasteiger partial charge in [0.15, 0.2) is 0 Å². The molecule has 1 aromatic rings. The number of hydrogen-bond donors (Lipinski definition) is 0. The largest absolute Gasteiger partial charge is 0.508 e. The zero-order valence-electron chi connectivity index (χ0n) is 15.7. The lowest BCUT2D eigenvalue weighted by Crippen LogP contribution is -2.30. The van der Waals surface area contributed by atoms with Crippen molar-refractivity contribution in [1.82, 2.24) is 4.90 Å². The maximum Gasteiger partial charge on any atom is 0.508 e. The number of carbonyl (C=O) groups is 2. The Bertz CT molecular complexity index is 516.